The lowest BCUT2D eigenvalue weighted by Crippen LogP contribution is -2.46. The van der Waals surface area contributed by atoms with Gasteiger partial charge in [-0.25, -0.2) is 9.18 Å². The highest BCUT2D eigenvalue weighted by Crippen LogP contribution is 2.29. The molecule has 3 rings (SSSR count). The van der Waals surface area contributed by atoms with E-state index in [2.05, 4.69) is 5.32 Å². The molecule has 29 heavy (non-hydrogen) atoms. The summed E-state index contributed by atoms with van der Waals surface area (Å²) in [5.41, 5.74) is -0.828. The normalized spacial score (nSPS) is 11.0. The van der Waals surface area contributed by atoms with E-state index in [4.69, 9.17) is 4.74 Å². The lowest BCUT2D eigenvalue weighted by molar-refractivity contribution is -0.136. The van der Waals surface area contributed by atoms with E-state index in [-0.39, 0.29) is 18.7 Å². The molecule has 0 heterocycles. The topological polar surface area (TPSA) is 75.6 Å². The van der Waals surface area contributed by atoms with E-state index in [9.17, 15) is 19.1 Å². The van der Waals surface area contributed by atoms with Crippen molar-refractivity contribution in [2.45, 2.75) is 5.60 Å². The molecular formula is C23H20FNO4. The Kier molecular flexibility index (Phi) is 6.36. The molecule has 2 N–H and O–H groups in total. The van der Waals surface area contributed by atoms with E-state index in [1.807, 2.05) is 0 Å². The van der Waals surface area contributed by atoms with Crippen LogP contribution in [0.4, 0.5) is 4.39 Å². The monoisotopic (exact) mass is 393 g/mol. The molecule has 0 atom stereocenters. The van der Waals surface area contributed by atoms with Crippen molar-refractivity contribution in [2.75, 3.05) is 13.2 Å². The fraction of sp³-hybridized carbons (Fsp3) is 0.130. The average molecular weight is 393 g/mol. The van der Waals surface area contributed by atoms with E-state index in [0.717, 1.165) is 12.1 Å². The third-order valence-electron chi connectivity index (χ3n) is 4.41. The summed E-state index contributed by atoms with van der Waals surface area (Å²) in [5, 5.41) is 13.9. The van der Waals surface area contributed by atoms with Crippen LogP contribution >= 0.6 is 0 Å². The summed E-state index contributed by atoms with van der Waals surface area (Å²) in [6, 6.07) is 22.2. The maximum atomic E-state index is 12.9. The Bertz CT molecular complexity index is 920. The minimum absolute atomic E-state index is 0.00768. The van der Waals surface area contributed by atoms with E-state index >= 15 is 0 Å². The van der Waals surface area contributed by atoms with Crippen LogP contribution in [-0.2, 0) is 15.1 Å². The molecule has 0 fully saturated rings. The molecule has 0 aliphatic rings. The third kappa shape index (κ3) is 4.67. The first-order valence-corrected chi connectivity index (χ1v) is 9.06. The van der Waals surface area contributed by atoms with Crippen molar-refractivity contribution in [1.29, 1.82) is 0 Å². The second-order valence-electron chi connectivity index (χ2n) is 6.34. The molecule has 0 bridgehead atoms. The molecule has 5 nitrogen and oxygen atoms in total. The van der Waals surface area contributed by atoms with E-state index in [0.29, 0.717) is 11.1 Å². The number of ether oxygens (including phenoxy) is 1. The molecular weight excluding hydrogens is 373 g/mol. The summed E-state index contributed by atoms with van der Waals surface area (Å²) in [6.07, 6.45) is 0. The van der Waals surface area contributed by atoms with E-state index in [1.54, 1.807) is 60.7 Å². The van der Waals surface area contributed by atoms with Crippen molar-refractivity contribution < 1.29 is 23.8 Å². The molecule has 148 valence electrons. The fourth-order valence-corrected chi connectivity index (χ4v) is 2.89. The van der Waals surface area contributed by atoms with Crippen molar-refractivity contribution in [3.63, 3.8) is 0 Å². The van der Waals surface area contributed by atoms with Crippen LogP contribution in [0.15, 0.2) is 84.9 Å². The molecule has 1 amide bonds. The SMILES string of the molecule is O=C(OCCNC(=O)C(O)(c1ccccc1)c1ccccc1)c1ccc(F)cc1. The van der Waals surface area contributed by atoms with Crippen molar-refractivity contribution in [1.82, 2.24) is 5.32 Å². The van der Waals surface area contributed by atoms with Gasteiger partial charge in [0.1, 0.15) is 12.4 Å². The number of carbonyl (C=O) groups is 2. The van der Waals surface area contributed by atoms with E-state index in [1.165, 1.54) is 12.1 Å². The zero-order chi connectivity index (χ0) is 20.7. The third-order valence-corrected chi connectivity index (χ3v) is 4.41. The van der Waals surface area contributed by atoms with E-state index < -0.39 is 23.3 Å². The quantitative estimate of drug-likeness (QED) is 0.478. The molecule has 3 aromatic carbocycles. The first kappa shape index (κ1) is 20.2. The molecule has 0 aliphatic carbocycles. The minimum atomic E-state index is -1.89. The molecule has 0 aliphatic heterocycles. The van der Waals surface area contributed by atoms with Gasteiger partial charge in [0.25, 0.3) is 5.91 Å². The summed E-state index contributed by atoms with van der Waals surface area (Å²) in [7, 11) is 0. The van der Waals surface area contributed by atoms with Gasteiger partial charge in [0.05, 0.1) is 12.1 Å². The Balaban J connectivity index is 1.65. The van der Waals surface area contributed by atoms with Gasteiger partial charge in [-0.3, -0.25) is 4.79 Å². The van der Waals surface area contributed by atoms with Crippen LogP contribution in [0.3, 0.4) is 0 Å². The van der Waals surface area contributed by atoms with Gasteiger partial charge in [-0.15, -0.1) is 0 Å². The van der Waals surface area contributed by atoms with Gasteiger partial charge < -0.3 is 15.2 Å². The van der Waals surface area contributed by atoms with Crippen molar-refractivity contribution >= 4 is 11.9 Å². The van der Waals surface area contributed by atoms with Gasteiger partial charge in [0, 0.05) is 0 Å². The molecule has 0 unspecified atom stereocenters. The number of carbonyl (C=O) groups excluding carboxylic acids is 2. The molecule has 6 heteroatoms. The Morgan fingerprint density at radius 2 is 1.38 bits per heavy atom. The number of rotatable bonds is 7. The summed E-state index contributed by atoms with van der Waals surface area (Å²) < 4.78 is 18.0. The van der Waals surface area contributed by atoms with Crippen molar-refractivity contribution in [2.24, 2.45) is 0 Å². The van der Waals surface area contributed by atoms with Crippen LogP contribution in [0.2, 0.25) is 0 Å². The predicted octanol–water partition coefficient (Wildman–Crippen LogP) is 3.03. The highest BCUT2D eigenvalue weighted by atomic mass is 19.1. The Morgan fingerprint density at radius 1 is 0.862 bits per heavy atom. The summed E-state index contributed by atoms with van der Waals surface area (Å²) in [5.74, 6) is -1.71. The second-order valence-corrected chi connectivity index (χ2v) is 6.34. The zero-order valence-electron chi connectivity index (χ0n) is 15.5. The number of amides is 1. The maximum absolute atomic E-state index is 12.9. The Hall–Kier alpha value is -3.51. The molecule has 0 aromatic heterocycles. The standard InChI is InChI=1S/C23H20FNO4/c24-20-13-11-17(12-14-20)21(26)29-16-15-25-22(27)23(28,18-7-3-1-4-8-18)19-9-5-2-6-10-19/h1-14,28H,15-16H2,(H,25,27). The van der Waals surface area contributed by atoms with Gasteiger partial charge in [-0.1, -0.05) is 60.7 Å². The molecule has 0 radical (unpaired) electrons. The number of esters is 1. The van der Waals surface area contributed by atoms with Gasteiger partial charge in [0.2, 0.25) is 0 Å². The molecule has 3 aromatic rings. The van der Waals surface area contributed by atoms with Crippen LogP contribution in [0.25, 0.3) is 0 Å². The summed E-state index contributed by atoms with van der Waals surface area (Å²) in [4.78, 5) is 24.8. The van der Waals surface area contributed by atoms with Crippen molar-refractivity contribution in [3.8, 4) is 0 Å². The van der Waals surface area contributed by atoms with Gasteiger partial charge in [-0.05, 0) is 35.4 Å². The van der Waals surface area contributed by atoms with Gasteiger partial charge in [0.15, 0.2) is 5.60 Å². The van der Waals surface area contributed by atoms with Crippen LogP contribution in [0.5, 0.6) is 0 Å². The van der Waals surface area contributed by atoms with Gasteiger partial charge >= 0.3 is 5.97 Å². The van der Waals surface area contributed by atoms with Crippen molar-refractivity contribution in [3.05, 3.63) is 107 Å². The number of hydrogen-bond acceptors (Lipinski definition) is 4. The number of aliphatic hydroxyl groups is 1. The predicted molar refractivity (Wildman–Crippen MR) is 106 cm³/mol. The van der Waals surface area contributed by atoms with Crippen LogP contribution < -0.4 is 5.32 Å². The first-order chi connectivity index (χ1) is 14.0. The summed E-state index contributed by atoms with van der Waals surface area (Å²) >= 11 is 0. The lowest BCUT2D eigenvalue weighted by Gasteiger charge is -2.28. The number of benzene rings is 3. The smallest absolute Gasteiger partial charge is 0.338 e. The van der Waals surface area contributed by atoms with Gasteiger partial charge in [-0.2, -0.15) is 0 Å². The van der Waals surface area contributed by atoms with Crippen LogP contribution in [0.1, 0.15) is 21.5 Å². The number of nitrogens with one attached hydrogen (secondary N) is 1. The summed E-state index contributed by atoms with van der Waals surface area (Å²) in [6.45, 7) is -0.0879. The maximum Gasteiger partial charge on any atom is 0.338 e. The number of halogens is 1. The average Bonchev–Trinajstić information content (AvgIpc) is 2.77. The Labute approximate surface area is 167 Å². The highest BCUT2D eigenvalue weighted by Gasteiger charge is 2.39. The highest BCUT2D eigenvalue weighted by molar-refractivity contribution is 5.90. The lowest BCUT2D eigenvalue weighted by atomic mass is 9.85. The minimum Gasteiger partial charge on any atom is -0.460 e. The van der Waals surface area contributed by atoms with Crippen LogP contribution in [-0.4, -0.2) is 30.1 Å². The zero-order valence-corrected chi connectivity index (χ0v) is 15.5. The number of hydrogen-bond donors (Lipinski definition) is 2. The molecule has 0 saturated heterocycles. The second kappa shape index (κ2) is 9.12. The first-order valence-electron chi connectivity index (χ1n) is 9.06. The molecule has 0 saturated carbocycles. The Morgan fingerprint density at radius 3 is 1.90 bits per heavy atom. The molecule has 0 spiro atoms. The van der Waals surface area contributed by atoms with Crippen LogP contribution in [0, 0.1) is 5.82 Å². The largest absolute Gasteiger partial charge is 0.460 e. The fourth-order valence-electron chi connectivity index (χ4n) is 2.89.